The van der Waals surface area contributed by atoms with Crippen LogP contribution in [0.1, 0.15) is 46.0 Å². The van der Waals surface area contributed by atoms with Gasteiger partial charge in [-0.25, -0.2) is 0 Å². The third-order valence-electron chi connectivity index (χ3n) is 4.27. The molecule has 0 aliphatic heterocycles. The van der Waals surface area contributed by atoms with E-state index in [1.807, 2.05) is 0 Å². The van der Waals surface area contributed by atoms with Gasteiger partial charge >= 0.3 is 5.97 Å². The summed E-state index contributed by atoms with van der Waals surface area (Å²) < 4.78 is 5.02. The molecule has 2 atom stereocenters. The van der Waals surface area contributed by atoms with Crippen molar-refractivity contribution in [2.45, 2.75) is 51.5 Å². The summed E-state index contributed by atoms with van der Waals surface area (Å²) in [7, 11) is 1.45. The van der Waals surface area contributed by atoms with Crippen LogP contribution in [0.5, 0.6) is 0 Å². The highest BCUT2D eigenvalue weighted by atomic mass is 16.5. The maximum absolute atomic E-state index is 12.2. The molecule has 1 N–H and O–H groups in total. The Bertz CT molecular complexity index is 366. The molecular formula is C14H26N4O2. The van der Waals surface area contributed by atoms with Crippen molar-refractivity contribution < 1.29 is 9.53 Å². The van der Waals surface area contributed by atoms with Gasteiger partial charge in [-0.1, -0.05) is 31.8 Å². The second kappa shape index (κ2) is 8.12. The van der Waals surface area contributed by atoms with Gasteiger partial charge in [0.2, 0.25) is 0 Å². The number of nitrogens with one attached hydrogen (secondary N) is 1. The fourth-order valence-electron chi connectivity index (χ4n) is 3.02. The van der Waals surface area contributed by atoms with Crippen molar-refractivity contribution in [3.05, 3.63) is 10.4 Å². The van der Waals surface area contributed by atoms with Crippen LogP contribution in [0.4, 0.5) is 0 Å². The van der Waals surface area contributed by atoms with E-state index in [0.29, 0.717) is 24.9 Å². The molecule has 6 nitrogen and oxygen atoms in total. The van der Waals surface area contributed by atoms with Gasteiger partial charge in [-0.15, -0.1) is 0 Å². The van der Waals surface area contributed by atoms with Crippen LogP contribution in [0.3, 0.4) is 0 Å². The molecule has 0 amide bonds. The number of carbonyl (C=O) groups is 1. The highest BCUT2D eigenvalue weighted by molar-refractivity contribution is 5.81. The number of esters is 1. The molecular weight excluding hydrogens is 256 g/mol. The van der Waals surface area contributed by atoms with Crippen molar-refractivity contribution in [2.24, 2.45) is 17.0 Å². The Labute approximate surface area is 120 Å². The molecule has 2 unspecified atom stereocenters. The van der Waals surface area contributed by atoms with E-state index in [1.165, 1.54) is 13.5 Å². The van der Waals surface area contributed by atoms with Crippen molar-refractivity contribution in [3.63, 3.8) is 0 Å². The Morgan fingerprint density at radius 1 is 1.60 bits per heavy atom. The fourth-order valence-corrected chi connectivity index (χ4v) is 3.02. The fraction of sp³-hybridized carbons (Fsp3) is 0.929. The van der Waals surface area contributed by atoms with E-state index in [1.54, 1.807) is 0 Å². The minimum absolute atomic E-state index is 0.161. The van der Waals surface area contributed by atoms with Crippen molar-refractivity contribution >= 4 is 5.97 Å². The van der Waals surface area contributed by atoms with E-state index in [-0.39, 0.29) is 5.97 Å². The third-order valence-corrected chi connectivity index (χ3v) is 4.27. The van der Waals surface area contributed by atoms with Crippen molar-refractivity contribution in [2.75, 3.05) is 20.2 Å². The van der Waals surface area contributed by atoms with Gasteiger partial charge in [0.15, 0.2) is 0 Å². The average Bonchev–Trinajstić information content (AvgIpc) is 2.46. The van der Waals surface area contributed by atoms with Crippen LogP contribution in [-0.2, 0) is 9.53 Å². The van der Waals surface area contributed by atoms with Gasteiger partial charge in [-0.05, 0) is 43.2 Å². The number of rotatable bonds is 7. The number of carbonyl (C=O) groups excluding carboxylic acids is 1. The van der Waals surface area contributed by atoms with Gasteiger partial charge < -0.3 is 10.1 Å². The Morgan fingerprint density at radius 3 is 2.95 bits per heavy atom. The van der Waals surface area contributed by atoms with Crippen molar-refractivity contribution in [1.82, 2.24) is 5.32 Å². The van der Waals surface area contributed by atoms with E-state index in [2.05, 4.69) is 29.2 Å². The molecule has 20 heavy (non-hydrogen) atoms. The van der Waals surface area contributed by atoms with Gasteiger partial charge in [0.05, 0.1) is 7.11 Å². The molecule has 0 heterocycles. The van der Waals surface area contributed by atoms with Crippen LogP contribution in [-0.4, -0.2) is 31.7 Å². The first-order chi connectivity index (χ1) is 9.55. The molecule has 1 aliphatic rings. The summed E-state index contributed by atoms with van der Waals surface area (Å²) in [4.78, 5) is 14.9. The molecule has 114 valence electrons. The first kappa shape index (κ1) is 16.8. The van der Waals surface area contributed by atoms with Crippen LogP contribution in [0.15, 0.2) is 5.11 Å². The van der Waals surface area contributed by atoms with E-state index < -0.39 is 5.54 Å². The molecule has 1 rings (SSSR count). The lowest BCUT2D eigenvalue weighted by atomic mass is 9.71. The smallest absolute Gasteiger partial charge is 0.326 e. The number of hydrogen-bond acceptors (Lipinski definition) is 4. The Morgan fingerprint density at radius 2 is 2.35 bits per heavy atom. The van der Waals surface area contributed by atoms with Crippen LogP contribution in [0, 0.1) is 11.8 Å². The molecule has 0 aromatic heterocycles. The highest BCUT2D eigenvalue weighted by Crippen LogP contribution is 2.37. The Balaban J connectivity index is 2.66. The zero-order valence-corrected chi connectivity index (χ0v) is 12.8. The molecule has 1 aliphatic carbocycles. The second-order valence-electron chi connectivity index (χ2n) is 5.91. The predicted octanol–water partition coefficient (Wildman–Crippen LogP) is 3.03. The SMILES string of the molecule is COC(=O)C1(NCCCN=[N+]=[N-])CCCC(C(C)C)C1. The maximum Gasteiger partial charge on any atom is 0.326 e. The molecule has 0 aromatic rings. The molecule has 0 radical (unpaired) electrons. The lowest BCUT2D eigenvalue weighted by molar-refractivity contribution is -0.151. The molecule has 6 heteroatoms. The summed E-state index contributed by atoms with van der Waals surface area (Å²) in [6, 6.07) is 0. The summed E-state index contributed by atoms with van der Waals surface area (Å²) in [6.07, 6.45) is 4.61. The molecule has 0 spiro atoms. The van der Waals surface area contributed by atoms with E-state index in [9.17, 15) is 4.79 Å². The summed E-state index contributed by atoms with van der Waals surface area (Å²) in [5.74, 6) is 0.962. The minimum atomic E-state index is -0.557. The van der Waals surface area contributed by atoms with Gasteiger partial charge in [-0.2, -0.15) is 0 Å². The lowest BCUT2D eigenvalue weighted by Crippen LogP contribution is -2.56. The van der Waals surface area contributed by atoms with E-state index in [4.69, 9.17) is 10.3 Å². The summed E-state index contributed by atoms with van der Waals surface area (Å²) in [6.45, 7) is 5.53. The Hall–Kier alpha value is -1.26. The zero-order valence-electron chi connectivity index (χ0n) is 12.8. The van der Waals surface area contributed by atoms with Gasteiger partial charge in [0, 0.05) is 11.5 Å². The number of nitrogens with zero attached hydrogens (tertiary/aromatic N) is 3. The van der Waals surface area contributed by atoms with Crippen molar-refractivity contribution in [3.8, 4) is 0 Å². The molecule has 0 saturated heterocycles. The summed E-state index contributed by atoms with van der Waals surface area (Å²) in [5.41, 5.74) is 7.69. The largest absolute Gasteiger partial charge is 0.468 e. The summed E-state index contributed by atoms with van der Waals surface area (Å²) >= 11 is 0. The monoisotopic (exact) mass is 282 g/mol. The zero-order chi connectivity index (χ0) is 15.0. The third kappa shape index (κ3) is 4.39. The summed E-state index contributed by atoms with van der Waals surface area (Å²) in [5, 5.41) is 6.88. The van der Waals surface area contributed by atoms with E-state index in [0.717, 1.165) is 25.7 Å². The highest BCUT2D eigenvalue weighted by Gasteiger charge is 2.43. The molecule has 1 saturated carbocycles. The number of hydrogen-bond donors (Lipinski definition) is 1. The van der Waals surface area contributed by atoms with Gasteiger partial charge in [0.1, 0.15) is 5.54 Å². The van der Waals surface area contributed by atoms with E-state index >= 15 is 0 Å². The first-order valence-corrected chi connectivity index (χ1v) is 7.40. The van der Waals surface area contributed by atoms with Crippen LogP contribution >= 0.6 is 0 Å². The molecule has 0 bridgehead atoms. The topological polar surface area (TPSA) is 87.1 Å². The maximum atomic E-state index is 12.2. The van der Waals surface area contributed by atoms with Crippen LogP contribution in [0.2, 0.25) is 0 Å². The predicted molar refractivity (Wildman–Crippen MR) is 78.2 cm³/mol. The number of methoxy groups -OCH3 is 1. The first-order valence-electron chi connectivity index (χ1n) is 7.40. The average molecular weight is 282 g/mol. The number of azide groups is 1. The number of ether oxygens (including phenoxy) is 1. The standard InChI is InChI=1S/C14H26N4O2/c1-11(2)12-6-4-7-14(10-12,13(19)20-3)16-8-5-9-17-18-15/h11-12,16H,4-10H2,1-3H3. The normalized spacial score (nSPS) is 26.1. The Kier molecular flexibility index (Phi) is 6.82. The van der Waals surface area contributed by atoms with Gasteiger partial charge in [0.25, 0.3) is 0 Å². The molecule has 0 aromatic carbocycles. The quantitative estimate of drug-likeness (QED) is 0.256. The lowest BCUT2D eigenvalue weighted by Gasteiger charge is -2.40. The van der Waals surface area contributed by atoms with Crippen LogP contribution in [0.25, 0.3) is 10.4 Å². The van der Waals surface area contributed by atoms with Gasteiger partial charge in [-0.3, -0.25) is 4.79 Å². The molecule has 1 fully saturated rings. The second-order valence-corrected chi connectivity index (χ2v) is 5.91. The van der Waals surface area contributed by atoms with Crippen molar-refractivity contribution in [1.29, 1.82) is 0 Å². The minimum Gasteiger partial charge on any atom is -0.468 e. The van der Waals surface area contributed by atoms with Crippen LogP contribution < -0.4 is 5.32 Å².